The van der Waals surface area contributed by atoms with E-state index in [1.807, 2.05) is 29.2 Å². The Kier molecular flexibility index (Phi) is 5.57. The molecular formula is C14H18BrN3O. The standard InChI is InChI=1S/C14H18BrN3O/c1-19-7-6-18-11-12(9-17-18)8-16-10-13-4-2-3-5-14(13)15/h2-5,9,11,16H,6-8,10H2,1H3. The van der Waals surface area contributed by atoms with E-state index in [4.69, 9.17) is 4.74 Å². The van der Waals surface area contributed by atoms with Gasteiger partial charge in [0.05, 0.1) is 19.3 Å². The Balaban J connectivity index is 1.79. The van der Waals surface area contributed by atoms with Gasteiger partial charge in [0.1, 0.15) is 0 Å². The third-order valence-corrected chi connectivity index (χ3v) is 3.59. The van der Waals surface area contributed by atoms with Crippen LogP contribution >= 0.6 is 15.9 Å². The average molecular weight is 324 g/mol. The lowest BCUT2D eigenvalue weighted by Gasteiger charge is -2.05. The number of rotatable bonds is 7. The zero-order valence-corrected chi connectivity index (χ0v) is 12.6. The van der Waals surface area contributed by atoms with E-state index in [1.165, 1.54) is 11.1 Å². The van der Waals surface area contributed by atoms with Crippen molar-refractivity contribution in [1.29, 1.82) is 0 Å². The van der Waals surface area contributed by atoms with E-state index in [0.717, 1.165) is 24.1 Å². The maximum atomic E-state index is 5.03. The molecule has 0 aliphatic heterocycles. The van der Waals surface area contributed by atoms with Crippen LogP contribution in [0.5, 0.6) is 0 Å². The summed E-state index contributed by atoms with van der Waals surface area (Å²) in [6.07, 6.45) is 3.94. The van der Waals surface area contributed by atoms with E-state index < -0.39 is 0 Å². The summed E-state index contributed by atoms with van der Waals surface area (Å²) in [5.41, 5.74) is 2.44. The number of nitrogens with one attached hydrogen (secondary N) is 1. The van der Waals surface area contributed by atoms with Crippen LogP contribution < -0.4 is 5.32 Å². The molecule has 0 aliphatic carbocycles. The average Bonchev–Trinajstić information content (AvgIpc) is 2.86. The SMILES string of the molecule is COCCn1cc(CNCc2ccccc2Br)cn1. The van der Waals surface area contributed by atoms with Gasteiger partial charge < -0.3 is 10.1 Å². The van der Waals surface area contributed by atoms with Gasteiger partial charge in [0.25, 0.3) is 0 Å². The fraction of sp³-hybridized carbons (Fsp3) is 0.357. The normalized spacial score (nSPS) is 10.8. The third-order valence-electron chi connectivity index (χ3n) is 2.81. The van der Waals surface area contributed by atoms with Crippen molar-refractivity contribution in [2.24, 2.45) is 0 Å². The first-order valence-corrected chi connectivity index (χ1v) is 7.03. The summed E-state index contributed by atoms with van der Waals surface area (Å²) in [4.78, 5) is 0. The van der Waals surface area contributed by atoms with E-state index in [0.29, 0.717) is 6.61 Å². The largest absolute Gasteiger partial charge is 0.383 e. The lowest BCUT2D eigenvalue weighted by molar-refractivity contribution is 0.183. The molecule has 0 atom stereocenters. The summed E-state index contributed by atoms with van der Waals surface area (Å²) in [5.74, 6) is 0. The molecule has 0 amide bonds. The Labute approximate surface area is 121 Å². The number of methoxy groups -OCH3 is 1. The molecule has 1 aromatic heterocycles. The summed E-state index contributed by atoms with van der Waals surface area (Å²) >= 11 is 3.54. The quantitative estimate of drug-likeness (QED) is 0.851. The fourth-order valence-electron chi connectivity index (χ4n) is 1.79. The first-order chi connectivity index (χ1) is 9.29. The second kappa shape index (κ2) is 7.43. The van der Waals surface area contributed by atoms with Crippen molar-refractivity contribution >= 4 is 15.9 Å². The van der Waals surface area contributed by atoms with Gasteiger partial charge in [0.2, 0.25) is 0 Å². The van der Waals surface area contributed by atoms with E-state index in [9.17, 15) is 0 Å². The van der Waals surface area contributed by atoms with Gasteiger partial charge in [-0.15, -0.1) is 0 Å². The highest BCUT2D eigenvalue weighted by Crippen LogP contribution is 2.15. The first-order valence-electron chi connectivity index (χ1n) is 6.24. The summed E-state index contributed by atoms with van der Waals surface area (Å²) in [5, 5.41) is 7.70. The topological polar surface area (TPSA) is 39.1 Å². The highest BCUT2D eigenvalue weighted by Gasteiger charge is 2.00. The zero-order valence-electron chi connectivity index (χ0n) is 11.0. The summed E-state index contributed by atoms with van der Waals surface area (Å²) < 4.78 is 8.06. The van der Waals surface area contributed by atoms with Crippen molar-refractivity contribution in [3.63, 3.8) is 0 Å². The molecule has 5 heteroatoms. The monoisotopic (exact) mass is 323 g/mol. The highest BCUT2D eigenvalue weighted by molar-refractivity contribution is 9.10. The van der Waals surface area contributed by atoms with Crippen LogP contribution in [-0.2, 0) is 24.4 Å². The number of halogens is 1. The molecule has 0 radical (unpaired) electrons. The Bertz CT molecular complexity index is 513. The highest BCUT2D eigenvalue weighted by atomic mass is 79.9. The molecule has 0 saturated heterocycles. The molecule has 2 aromatic rings. The molecule has 1 heterocycles. The maximum absolute atomic E-state index is 5.03. The number of aromatic nitrogens is 2. The molecule has 0 spiro atoms. The Morgan fingerprint density at radius 2 is 2.16 bits per heavy atom. The van der Waals surface area contributed by atoms with Gasteiger partial charge in [-0.25, -0.2) is 0 Å². The predicted octanol–water partition coefficient (Wildman–Crippen LogP) is 2.58. The van der Waals surface area contributed by atoms with Crippen molar-refractivity contribution in [3.05, 3.63) is 52.3 Å². The van der Waals surface area contributed by atoms with Crippen LogP contribution in [0.15, 0.2) is 41.1 Å². The fourth-order valence-corrected chi connectivity index (χ4v) is 2.21. The number of nitrogens with zero attached hydrogens (tertiary/aromatic N) is 2. The van der Waals surface area contributed by atoms with Crippen molar-refractivity contribution in [1.82, 2.24) is 15.1 Å². The van der Waals surface area contributed by atoms with Crippen LogP contribution in [-0.4, -0.2) is 23.5 Å². The van der Waals surface area contributed by atoms with Crippen LogP contribution in [0.1, 0.15) is 11.1 Å². The smallest absolute Gasteiger partial charge is 0.0658 e. The molecule has 19 heavy (non-hydrogen) atoms. The molecule has 0 unspecified atom stereocenters. The van der Waals surface area contributed by atoms with E-state index in [1.54, 1.807) is 7.11 Å². The van der Waals surface area contributed by atoms with E-state index >= 15 is 0 Å². The number of hydrogen-bond acceptors (Lipinski definition) is 3. The van der Waals surface area contributed by atoms with Crippen molar-refractivity contribution in [2.45, 2.75) is 19.6 Å². The predicted molar refractivity (Wildman–Crippen MR) is 78.8 cm³/mol. The second-order valence-corrected chi connectivity index (χ2v) is 5.15. The Morgan fingerprint density at radius 3 is 2.95 bits per heavy atom. The maximum Gasteiger partial charge on any atom is 0.0658 e. The van der Waals surface area contributed by atoms with Gasteiger partial charge >= 0.3 is 0 Å². The van der Waals surface area contributed by atoms with Crippen LogP contribution in [0.2, 0.25) is 0 Å². The number of ether oxygens (including phenoxy) is 1. The van der Waals surface area contributed by atoms with Crippen LogP contribution in [0.3, 0.4) is 0 Å². The first kappa shape index (κ1) is 14.2. The Morgan fingerprint density at radius 1 is 1.32 bits per heavy atom. The molecule has 4 nitrogen and oxygen atoms in total. The van der Waals surface area contributed by atoms with Gasteiger partial charge in [0.15, 0.2) is 0 Å². The molecule has 0 bridgehead atoms. The molecule has 1 aromatic carbocycles. The van der Waals surface area contributed by atoms with Crippen LogP contribution in [0.4, 0.5) is 0 Å². The third kappa shape index (κ3) is 4.45. The van der Waals surface area contributed by atoms with Gasteiger partial charge in [-0.2, -0.15) is 5.10 Å². The summed E-state index contributed by atoms with van der Waals surface area (Å²) in [6, 6.07) is 8.23. The number of benzene rings is 1. The minimum absolute atomic E-state index is 0.686. The molecule has 0 saturated carbocycles. The van der Waals surface area contributed by atoms with Gasteiger partial charge in [0, 0.05) is 36.4 Å². The summed E-state index contributed by atoms with van der Waals surface area (Å²) in [6.45, 7) is 3.13. The van der Waals surface area contributed by atoms with Crippen molar-refractivity contribution in [3.8, 4) is 0 Å². The van der Waals surface area contributed by atoms with Gasteiger partial charge in [-0.1, -0.05) is 34.1 Å². The van der Waals surface area contributed by atoms with Crippen LogP contribution in [0, 0.1) is 0 Å². The van der Waals surface area contributed by atoms with E-state index in [2.05, 4.69) is 38.5 Å². The molecule has 1 N–H and O–H groups in total. The van der Waals surface area contributed by atoms with Crippen molar-refractivity contribution < 1.29 is 4.74 Å². The van der Waals surface area contributed by atoms with Crippen LogP contribution in [0.25, 0.3) is 0 Å². The van der Waals surface area contributed by atoms with E-state index in [-0.39, 0.29) is 0 Å². The minimum Gasteiger partial charge on any atom is -0.383 e. The minimum atomic E-state index is 0.686. The Hall–Kier alpha value is -1.17. The lowest BCUT2D eigenvalue weighted by Crippen LogP contribution is -2.12. The molecular weight excluding hydrogens is 306 g/mol. The lowest BCUT2D eigenvalue weighted by atomic mass is 10.2. The van der Waals surface area contributed by atoms with Crippen molar-refractivity contribution in [2.75, 3.05) is 13.7 Å². The zero-order chi connectivity index (χ0) is 13.5. The number of hydrogen-bond donors (Lipinski definition) is 1. The molecule has 0 aliphatic rings. The molecule has 0 fully saturated rings. The second-order valence-electron chi connectivity index (χ2n) is 4.30. The van der Waals surface area contributed by atoms with Gasteiger partial charge in [-0.05, 0) is 11.6 Å². The molecule has 2 rings (SSSR count). The summed E-state index contributed by atoms with van der Waals surface area (Å²) in [7, 11) is 1.70. The van der Waals surface area contributed by atoms with Gasteiger partial charge in [-0.3, -0.25) is 4.68 Å². The molecule has 102 valence electrons.